The van der Waals surface area contributed by atoms with Crippen molar-refractivity contribution in [3.05, 3.63) is 35.6 Å². The van der Waals surface area contributed by atoms with E-state index in [1.54, 1.807) is 23.9 Å². The van der Waals surface area contributed by atoms with Crippen LogP contribution in [0.4, 0.5) is 4.39 Å². The zero-order chi connectivity index (χ0) is 11.8. The zero-order valence-electron chi connectivity index (χ0n) is 9.24. The minimum atomic E-state index is -0.258. The topological polar surface area (TPSA) is 26.3 Å². The van der Waals surface area contributed by atoms with Gasteiger partial charge in [-0.05, 0) is 30.4 Å². The average Bonchev–Trinajstić information content (AvgIpc) is 2.29. The first-order valence-corrected chi connectivity index (χ1v) is 6.51. The van der Waals surface area contributed by atoms with E-state index in [1.165, 1.54) is 12.1 Å². The highest BCUT2D eigenvalue weighted by Gasteiger charge is 2.03. The largest absolute Gasteiger partial charge is 0.465 e. The van der Waals surface area contributed by atoms with Gasteiger partial charge in [-0.25, -0.2) is 4.39 Å². The van der Waals surface area contributed by atoms with Gasteiger partial charge >= 0.3 is 5.97 Å². The lowest BCUT2D eigenvalue weighted by molar-refractivity contribution is -0.142. The number of ether oxygens (including phenoxy) is 1. The predicted octanol–water partition coefficient (Wildman–Crippen LogP) is 2.66. The Morgan fingerprint density at radius 2 is 2.06 bits per heavy atom. The van der Waals surface area contributed by atoms with Crippen molar-refractivity contribution in [1.29, 1.82) is 0 Å². The van der Waals surface area contributed by atoms with E-state index < -0.39 is 0 Å². The van der Waals surface area contributed by atoms with Crippen LogP contribution in [0.3, 0.4) is 0 Å². The molecule has 16 heavy (non-hydrogen) atoms. The highest BCUT2D eigenvalue weighted by atomic mass is 32.2. The molecule has 0 fully saturated rings. The summed E-state index contributed by atoms with van der Waals surface area (Å²) in [7, 11) is 0. The molecule has 0 saturated carbocycles. The van der Waals surface area contributed by atoms with Crippen molar-refractivity contribution in [1.82, 2.24) is 0 Å². The second-order valence-electron chi connectivity index (χ2n) is 3.34. The Morgan fingerprint density at radius 1 is 1.38 bits per heavy atom. The van der Waals surface area contributed by atoms with E-state index in [9.17, 15) is 9.18 Å². The van der Waals surface area contributed by atoms with Gasteiger partial charge in [-0.15, -0.1) is 0 Å². The highest BCUT2D eigenvalue weighted by Crippen LogP contribution is 2.06. The first-order valence-electron chi connectivity index (χ1n) is 5.11. The van der Waals surface area contributed by atoms with Gasteiger partial charge in [0.15, 0.2) is 0 Å². The highest BCUT2D eigenvalue weighted by molar-refractivity contribution is 7.98. The van der Waals surface area contributed by atoms with Crippen molar-refractivity contribution >= 4 is 17.7 Å². The van der Waals surface area contributed by atoms with Crippen LogP contribution in [0.5, 0.6) is 0 Å². The lowest BCUT2D eigenvalue weighted by Gasteiger charge is -2.03. The Hall–Kier alpha value is -1.03. The maximum absolute atomic E-state index is 12.6. The van der Waals surface area contributed by atoms with Crippen LogP contribution in [0.25, 0.3) is 0 Å². The molecule has 0 heterocycles. The lowest BCUT2D eigenvalue weighted by Crippen LogP contribution is -2.08. The van der Waals surface area contributed by atoms with E-state index >= 15 is 0 Å². The summed E-state index contributed by atoms with van der Waals surface area (Å²) in [4.78, 5) is 11.3. The molecular formula is C12H15FO2S. The molecule has 0 amide bonds. The van der Waals surface area contributed by atoms with E-state index in [4.69, 9.17) is 4.74 Å². The van der Waals surface area contributed by atoms with Gasteiger partial charge in [-0.1, -0.05) is 12.1 Å². The summed E-state index contributed by atoms with van der Waals surface area (Å²) in [6, 6.07) is 6.16. The average molecular weight is 242 g/mol. The van der Waals surface area contributed by atoms with Crippen molar-refractivity contribution in [2.24, 2.45) is 0 Å². The summed E-state index contributed by atoms with van der Waals surface area (Å²) in [5.41, 5.74) is 0.947. The second-order valence-corrected chi connectivity index (χ2v) is 4.33. The number of carbonyl (C=O) groups is 1. The van der Waals surface area contributed by atoms with E-state index in [1.807, 2.05) is 6.26 Å². The molecule has 0 saturated heterocycles. The normalized spacial score (nSPS) is 10.1. The fraction of sp³-hybridized carbons (Fsp3) is 0.417. The van der Waals surface area contributed by atoms with Gasteiger partial charge in [0.1, 0.15) is 12.4 Å². The Balaban J connectivity index is 2.23. The number of hydrogen-bond acceptors (Lipinski definition) is 3. The number of benzene rings is 1. The van der Waals surface area contributed by atoms with E-state index in [2.05, 4.69) is 0 Å². The molecule has 0 spiro atoms. The summed E-state index contributed by atoms with van der Waals surface area (Å²) in [6.45, 7) is 0.462. The van der Waals surface area contributed by atoms with Crippen LogP contribution < -0.4 is 0 Å². The first kappa shape index (κ1) is 13.0. The molecule has 1 aromatic carbocycles. The maximum Gasteiger partial charge on any atom is 0.306 e. The van der Waals surface area contributed by atoms with Crippen LogP contribution in [0.2, 0.25) is 0 Å². The van der Waals surface area contributed by atoms with Crippen LogP contribution in [-0.4, -0.2) is 24.6 Å². The van der Waals surface area contributed by atoms with Gasteiger partial charge < -0.3 is 4.74 Å². The zero-order valence-corrected chi connectivity index (χ0v) is 10.1. The molecule has 2 nitrogen and oxygen atoms in total. The van der Waals surface area contributed by atoms with Gasteiger partial charge in [-0.2, -0.15) is 11.8 Å². The molecule has 1 rings (SSSR count). The van der Waals surface area contributed by atoms with E-state index in [-0.39, 0.29) is 11.8 Å². The molecule has 0 unspecified atom stereocenters. The van der Waals surface area contributed by atoms with Gasteiger partial charge in [0.05, 0.1) is 0 Å². The second kappa shape index (κ2) is 7.28. The Labute approximate surface area is 99.2 Å². The third kappa shape index (κ3) is 5.16. The van der Waals surface area contributed by atoms with Gasteiger partial charge in [0, 0.05) is 12.2 Å². The number of thioether (sulfide) groups is 1. The van der Waals surface area contributed by atoms with Crippen molar-refractivity contribution in [3.8, 4) is 0 Å². The third-order valence-corrected chi connectivity index (χ3v) is 2.66. The molecule has 0 N–H and O–H groups in total. The fourth-order valence-electron chi connectivity index (χ4n) is 1.21. The number of rotatable bonds is 6. The summed E-state index contributed by atoms with van der Waals surface area (Å²) < 4.78 is 17.6. The van der Waals surface area contributed by atoms with Crippen LogP contribution in [0.1, 0.15) is 12.0 Å². The molecule has 0 atom stereocenters. The van der Waals surface area contributed by atoms with E-state index in [0.29, 0.717) is 19.4 Å². The van der Waals surface area contributed by atoms with Crippen LogP contribution in [0, 0.1) is 5.82 Å². The summed E-state index contributed by atoms with van der Waals surface area (Å²) in [5.74, 6) is 0.368. The molecule has 0 aliphatic rings. The molecule has 0 bridgehead atoms. The van der Waals surface area contributed by atoms with Crippen molar-refractivity contribution < 1.29 is 13.9 Å². The van der Waals surface area contributed by atoms with Crippen LogP contribution >= 0.6 is 11.8 Å². The van der Waals surface area contributed by atoms with Crippen molar-refractivity contribution in [2.45, 2.75) is 12.8 Å². The van der Waals surface area contributed by atoms with Gasteiger partial charge in [-0.3, -0.25) is 4.79 Å². The molecule has 0 aromatic heterocycles. The number of halogens is 1. The number of hydrogen-bond donors (Lipinski definition) is 0. The quantitative estimate of drug-likeness (QED) is 0.566. The van der Waals surface area contributed by atoms with Crippen LogP contribution in [-0.2, 0) is 16.0 Å². The third-order valence-electron chi connectivity index (χ3n) is 2.08. The first-order chi connectivity index (χ1) is 7.72. The monoisotopic (exact) mass is 242 g/mol. The summed E-state index contributed by atoms with van der Waals surface area (Å²) in [6.07, 6.45) is 2.91. The van der Waals surface area contributed by atoms with Crippen molar-refractivity contribution in [3.63, 3.8) is 0 Å². The number of carbonyl (C=O) groups excluding carboxylic acids is 1. The Morgan fingerprint density at radius 3 is 2.69 bits per heavy atom. The molecular weight excluding hydrogens is 227 g/mol. The SMILES string of the molecule is CSCCOC(=O)CCc1ccc(F)cc1. The van der Waals surface area contributed by atoms with E-state index in [0.717, 1.165) is 11.3 Å². The smallest absolute Gasteiger partial charge is 0.306 e. The molecule has 1 aromatic rings. The van der Waals surface area contributed by atoms with Gasteiger partial charge in [0.25, 0.3) is 0 Å². The lowest BCUT2D eigenvalue weighted by atomic mass is 10.1. The number of esters is 1. The maximum atomic E-state index is 12.6. The van der Waals surface area contributed by atoms with Crippen molar-refractivity contribution in [2.75, 3.05) is 18.6 Å². The molecule has 0 aliphatic heterocycles. The molecule has 88 valence electrons. The summed E-state index contributed by atoms with van der Waals surface area (Å²) in [5, 5.41) is 0. The standard InChI is InChI=1S/C12H15FO2S/c1-16-9-8-15-12(14)7-4-10-2-5-11(13)6-3-10/h2-3,5-6H,4,7-9H2,1H3. The Bertz CT molecular complexity index is 324. The Kier molecular flexibility index (Phi) is 5.93. The summed E-state index contributed by atoms with van der Waals surface area (Å²) >= 11 is 1.64. The minimum absolute atomic E-state index is 0.196. The molecule has 0 radical (unpaired) electrons. The molecule has 0 aliphatic carbocycles. The fourth-order valence-corrected chi connectivity index (χ4v) is 1.46. The molecule has 4 heteroatoms. The van der Waals surface area contributed by atoms with Gasteiger partial charge in [0.2, 0.25) is 0 Å². The minimum Gasteiger partial charge on any atom is -0.465 e. The number of aryl methyl sites for hydroxylation is 1. The van der Waals surface area contributed by atoms with Crippen LogP contribution in [0.15, 0.2) is 24.3 Å². The predicted molar refractivity (Wildman–Crippen MR) is 64.1 cm³/mol.